The summed E-state index contributed by atoms with van der Waals surface area (Å²) in [5.74, 6) is -3.60. The molecule has 0 fully saturated rings. The first-order valence-electron chi connectivity index (χ1n) is 8.62. The van der Waals surface area contributed by atoms with Gasteiger partial charge in [-0.05, 0) is 6.07 Å². The lowest BCUT2D eigenvalue weighted by atomic mass is 10.2. The van der Waals surface area contributed by atoms with Gasteiger partial charge >= 0.3 is 5.97 Å². The van der Waals surface area contributed by atoms with Crippen LogP contribution in [0, 0.1) is 17.5 Å². The van der Waals surface area contributed by atoms with Crippen LogP contribution in [0.1, 0.15) is 19.4 Å². The smallest absolute Gasteiger partial charge is 0.325 e. The largest absolute Gasteiger partial charge is 0.480 e. The first kappa shape index (κ1) is 21.7. The van der Waals surface area contributed by atoms with Gasteiger partial charge in [-0.25, -0.2) is 18.2 Å². The van der Waals surface area contributed by atoms with Crippen molar-refractivity contribution in [3.63, 3.8) is 0 Å². The van der Waals surface area contributed by atoms with Crippen LogP contribution >= 0.6 is 0 Å². The summed E-state index contributed by atoms with van der Waals surface area (Å²) in [4.78, 5) is 18.8. The number of aromatic nitrogens is 4. The van der Waals surface area contributed by atoms with Gasteiger partial charge in [-0.2, -0.15) is 10.1 Å². The number of rotatable bonds is 7. The van der Waals surface area contributed by atoms with Crippen LogP contribution in [0.5, 0.6) is 0 Å². The van der Waals surface area contributed by atoms with Gasteiger partial charge in [0.15, 0.2) is 0 Å². The number of aliphatic carboxylic acids is 1. The summed E-state index contributed by atoms with van der Waals surface area (Å²) in [7, 11) is 0. The Hall–Kier alpha value is -3.63. The lowest BCUT2D eigenvalue weighted by Gasteiger charge is -2.09. The quantitative estimate of drug-likeness (QED) is 0.549. The van der Waals surface area contributed by atoms with E-state index in [-0.39, 0.29) is 30.4 Å². The molecule has 0 bridgehead atoms. The zero-order chi connectivity index (χ0) is 21.4. The number of hydrogen-bond acceptors (Lipinski definition) is 6. The number of hydrogen-bond donors (Lipinski definition) is 3. The standard InChI is InChI=1S/C16H13F3N6O2.C2H6/c17-9-3-12(18)11(13(19)4-9)6-21-14-1-2-20-16(24-14)23-10-5-22-25(7-10)8-15(26)27;1-2/h1-5,7H,6,8H2,(H,26,27)(H2,20,21,23,24);1-2H3. The molecule has 154 valence electrons. The predicted molar refractivity (Wildman–Crippen MR) is 100 cm³/mol. The van der Waals surface area contributed by atoms with Gasteiger partial charge in [0.1, 0.15) is 29.8 Å². The van der Waals surface area contributed by atoms with E-state index in [9.17, 15) is 18.0 Å². The van der Waals surface area contributed by atoms with Gasteiger partial charge in [-0.1, -0.05) is 13.8 Å². The number of anilines is 3. The molecule has 0 aliphatic heterocycles. The maximum Gasteiger partial charge on any atom is 0.325 e. The fourth-order valence-electron chi connectivity index (χ4n) is 2.22. The highest BCUT2D eigenvalue weighted by Gasteiger charge is 2.12. The monoisotopic (exact) mass is 408 g/mol. The van der Waals surface area contributed by atoms with E-state index in [1.54, 1.807) is 0 Å². The molecule has 3 N–H and O–H groups in total. The molecule has 2 heterocycles. The summed E-state index contributed by atoms with van der Waals surface area (Å²) in [5, 5.41) is 18.1. The van der Waals surface area contributed by atoms with Crippen molar-refractivity contribution in [3.05, 3.63) is 59.8 Å². The van der Waals surface area contributed by atoms with Gasteiger partial charge in [0.25, 0.3) is 0 Å². The minimum Gasteiger partial charge on any atom is -0.480 e. The molecule has 0 atom stereocenters. The second-order valence-corrected chi connectivity index (χ2v) is 5.41. The van der Waals surface area contributed by atoms with Crippen molar-refractivity contribution in [2.75, 3.05) is 10.6 Å². The molecule has 1 aromatic carbocycles. The summed E-state index contributed by atoms with van der Waals surface area (Å²) >= 11 is 0. The Morgan fingerprint density at radius 1 is 1.21 bits per heavy atom. The minimum atomic E-state index is -1.03. The molecule has 0 aliphatic rings. The van der Waals surface area contributed by atoms with E-state index in [2.05, 4.69) is 25.7 Å². The third kappa shape index (κ3) is 6.19. The van der Waals surface area contributed by atoms with E-state index in [0.29, 0.717) is 17.8 Å². The maximum absolute atomic E-state index is 13.7. The van der Waals surface area contributed by atoms with Crippen molar-refractivity contribution in [3.8, 4) is 0 Å². The van der Waals surface area contributed by atoms with Gasteiger partial charge in [-0.3, -0.25) is 9.48 Å². The van der Waals surface area contributed by atoms with Gasteiger partial charge in [0, 0.05) is 36.6 Å². The molecule has 3 rings (SSSR count). The van der Waals surface area contributed by atoms with Crippen molar-refractivity contribution in [1.29, 1.82) is 0 Å². The van der Waals surface area contributed by atoms with E-state index < -0.39 is 23.4 Å². The third-order valence-corrected chi connectivity index (χ3v) is 3.39. The van der Waals surface area contributed by atoms with Crippen LogP contribution in [0.15, 0.2) is 36.8 Å². The number of benzene rings is 1. The fourth-order valence-corrected chi connectivity index (χ4v) is 2.22. The average Bonchev–Trinajstić information content (AvgIpc) is 3.09. The highest BCUT2D eigenvalue weighted by molar-refractivity contribution is 5.66. The minimum absolute atomic E-state index is 0.162. The lowest BCUT2D eigenvalue weighted by Crippen LogP contribution is -2.08. The average molecular weight is 408 g/mol. The normalized spacial score (nSPS) is 10.1. The Morgan fingerprint density at radius 2 is 1.90 bits per heavy atom. The van der Waals surface area contributed by atoms with Crippen LogP contribution in [0.25, 0.3) is 0 Å². The third-order valence-electron chi connectivity index (χ3n) is 3.39. The van der Waals surface area contributed by atoms with Gasteiger partial charge in [0.2, 0.25) is 5.95 Å². The van der Waals surface area contributed by atoms with E-state index in [1.807, 2.05) is 13.8 Å². The summed E-state index contributed by atoms with van der Waals surface area (Å²) in [6.07, 6.45) is 4.27. The topological polar surface area (TPSA) is 105 Å². The van der Waals surface area contributed by atoms with Crippen molar-refractivity contribution < 1.29 is 23.1 Å². The summed E-state index contributed by atoms with van der Waals surface area (Å²) in [6, 6.07) is 2.68. The molecule has 0 saturated heterocycles. The van der Waals surface area contributed by atoms with Crippen LogP contribution < -0.4 is 10.6 Å². The molecule has 8 nitrogen and oxygen atoms in total. The summed E-state index contributed by atoms with van der Waals surface area (Å²) < 4.78 is 41.5. The number of halogens is 3. The molecule has 0 radical (unpaired) electrons. The van der Waals surface area contributed by atoms with Crippen molar-refractivity contribution >= 4 is 23.4 Å². The summed E-state index contributed by atoms with van der Waals surface area (Å²) in [6.45, 7) is 3.46. The number of carboxylic acid groups (broad SMARTS) is 1. The molecular formula is C18H19F3N6O2. The Kier molecular flexibility index (Phi) is 7.52. The zero-order valence-electron chi connectivity index (χ0n) is 15.7. The van der Waals surface area contributed by atoms with E-state index in [0.717, 1.165) is 0 Å². The Bertz CT molecular complexity index is 957. The molecule has 2 aromatic heterocycles. The van der Waals surface area contributed by atoms with Gasteiger partial charge < -0.3 is 15.7 Å². The maximum atomic E-state index is 13.7. The van der Waals surface area contributed by atoms with Crippen LogP contribution in [-0.4, -0.2) is 30.8 Å². The second kappa shape index (κ2) is 10.1. The second-order valence-electron chi connectivity index (χ2n) is 5.41. The molecular weight excluding hydrogens is 389 g/mol. The van der Waals surface area contributed by atoms with Crippen molar-refractivity contribution in [2.45, 2.75) is 26.9 Å². The Labute approximate surface area is 164 Å². The van der Waals surface area contributed by atoms with Gasteiger partial charge in [-0.15, -0.1) is 0 Å². The first-order valence-corrected chi connectivity index (χ1v) is 8.62. The van der Waals surface area contributed by atoms with E-state index in [4.69, 9.17) is 5.11 Å². The van der Waals surface area contributed by atoms with Crippen LogP contribution in [-0.2, 0) is 17.9 Å². The number of carboxylic acids is 1. The molecule has 3 aromatic rings. The first-order chi connectivity index (χ1) is 13.9. The fraction of sp³-hybridized carbons (Fsp3) is 0.222. The molecule has 0 aliphatic carbocycles. The highest BCUT2D eigenvalue weighted by atomic mass is 19.1. The van der Waals surface area contributed by atoms with Crippen LogP contribution in [0.3, 0.4) is 0 Å². The molecule has 0 spiro atoms. The number of nitrogens with one attached hydrogen (secondary N) is 2. The van der Waals surface area contributed by atoms with Crippen LogP contribution in [0.4, 0.5) is 30.6 Å². The Balaban J connectivity index is 0.00000145. The van der Waals surface area contributed by atoms with Crippen LogP contribution in [0.2, 0.25) is 0 Å². The molecule has 11 heteroatoms. The SMILES string of the molecule is CC.O=C(O)Cn1cc(Nc2nccc(NCc3c(F)cc(F)cc3F)n2)cn1. The highest BCUT2D eigenvalue weighted by Crippen LogP contribution is 2.17. The van der Waals surface area contributed by atoms with Crippen molar-refractivity contribution in [2.24, 2.45) is 0 Å². The van der Waals surface area contributed by atoms with E-state index >= 15 is 0 Å². The van der Waals surface area contributed by atoms with Gasteiger partial charge in [0.05, 0.1) is 11.9 Å². The molecule has 0 unspecified atom stereocenters. The predicted octanol–water partition coefficient (Wildman–Crippen LogP) is 3.56. The summed E-state index contributed by atoms with van der Waals surface area (Å²) in [5.41, 5.74) is 0.142. The van der Waals surface area contributed by atoms with E-state index in [1.165, 1.54) is 29.3 Å². The molecule has 0 saturated carbocycles. The number of carbonyl (C=O) groups is 1. The lowest BCUT2D eigenvalue weighted by molar-refractivity contribution is -0.137. The molecule has 0 amide bonds. The van der Waals surface area contributed by atoms with Crippen molar-refractivity contribution in [1.82, 2.24) is 19.7 Å². The number of nitrogens with zero attached hydrogens (tertiary/aromatic N) is 4. The Morgan fingerprint density at radius 3 is 2.55 bits per heavy atom. The molecule has 29 heavy (non-hydrogen) atoms. The zero-order valence-corrected chi connectivity index (χ0v) is 15.7.